The van der Waals surface area contributed by atoms with Crippen molar-refractivity contribution in [2.75, 3.05) is 0 Å². The molecule has 30 heavy (non-hydrogen) atoms. The summed E-state index contributed by atoms with van der Waals surface area (Å²) in [7, 11) is 0. The predicted octanol–water partition coefficient (Wildman–Crippen LogP) is 4.02. The molecule has 1 aromatic heterocycles. The Labute approximate surface area is 174 Å². The van der Waals surface area contributed by atoms with Crippen LogP contribution in [-0.4, -0.2) is 13.9 Å². The summed E-state index contributed by atoms with van der Waals surface area (Å²) in [5.74, 6) is 0. The van der Waals surface area contributed by atoms with Gasteiger partial charge in [-0.3, -0.25) is 0 Å². The largest absolute Gasteiger partial charge is 0.352 e. The molecule has 2 atom stereocenters. The number of nitrogens with zero attached hydrogens (tertiary/aromatic N) is 3. The summed E-state index contributed by atoms with van der Waals surface area (Å²) in [6.07, 6.45) is 0. The van der Waals surface area contributed by atoms with Crippen molar-refractivity contribution in [2.45, 2.75) is 25.9 Å². The quantitative estimate of drug-likeness (QED) is 0.524. The van der Waals surface area contributed by atoms with Gasteiger partial charge in [0.1, 0.15) is 0 Å². The minimum Gasteiger partial charge on any atom is -0.245 e. The van der Waals surface area contributed by atoms with Gasteiger partial charge in [0.2, 0.25) is 0 Å². The monoisotopic (exact) mass is 397 g/mol. The second kappa shape index (κ2) is 6.73. The van der Waals surface area contributed by atoms with Gasteiger partial charge in [0.05, 0.1) is 17.8 Å². The maximum Gasteiger partial charge on any atom is 0.352 e. The third-order valence-corrected chi connectivity index (χ3v) is 6.15. The smallest absolute Gasteiger partial charge is 0.245 e. The fraction of sp³-hybridized carbons (Fsp3) is 0.200. The van der Waals surface area contributed by atoms with Crippen LogP contribution in [-0.2, 0) is 0 Å². The molecule has 0 saturated carbocycles. The number of hydrogen-bond acceptors (Lipinski definition) is 2. The van der Waals surface area contributed by atoms with Gasteiger partial charge in [-0.2, -0.15) is 0 Å². The van der Waals surface area contributed by atoms with E-state index in [4.69, 9.17) is 0 Å². The first-order valence-electron chi connectivity index (χ1n) is 10.1. The molecular formula is C25H23N3O2. The van der Waals surface area contributed by atoms with Crippen LogP contribution in [0.25, 0.3) is 5.69 Å². The highest BCUT2D eigenvalue weighted by atomic mass is 16.2. The highest BCUT2D eigenvalue weighted by Gasteiger charge is 2.51. The van der Waals surface area contributed by atoms with Gasteiger partial charge in [-0.05, 0) is 23.3 Å². The predicted molar refractivity (Wildman–Crippen MR) is 117 cm³/mol. The lowest BCUT2D eigenvalue weighted by atomic mass is 9.73. The first-order valence-corrected chi connectivity index (χ1v) is 10.1. The van der Waals surface area contributed by atoms with Crippen LogP contribution in [0.5, 0.6) is 0 Å². The zero-order valence-corrected chi connectivity index (χ0v) is 17.0. The molecule has 1 aliphatic rings. The Morgan fingerprint density at radius 2 is 0.967 bits per heavy atom. The summed E-state index contributed by atoms with van der Waals surface area (Å²) in [5, 5.41) is 0. The Kier molecular flexibility index (Phi) is 4.13. The third-order valence-electron chi connectivity index (χ3n) is 6.15. The maximum atomic E-state index is 13.6. The average molecular weight is 397 g/mol. The standard InChI is InChI=1S/C25H23N3O2/c1-25(2)21(18-12-6-3-7-13-18)27-23(29)26(20-16-10-5-11-17-20)24(30)28(27)22(25)19-14-8-4-9-15-19/h3-17,21-22H,1-2H3. The van der Waals surface area contributed by atoms with Crippen molar-refractivity contribution in [3.8, 4) is 5.69 Å². The number of para-hydroxylation sites is 1. The zero-order valence-electron chi connectivity index (χ0n) is 17.0. The van der Waals surface area contributed by atoms with E-state index >= 15 is 0 Å². The summed E-state index contributed by atoms with van der Waals surface area (Å²) >= 11 is 0. The van der Waals surface area contributed by atoms with E-state index in [1.807, 2.05) is 78.9 Å². The molecule has 0 radical (unpaired) electrons. The summed E-state index contributed by atoms with van der Waals surface area (Å²) in [6, 6.07) is 28.5. The van der Waals surface area contributed by atoms with Crippen molar-refractivity contribution in [1.29, 1.82) is 0 Å². The minimum atomic E-state index is -0.392. The van der Waals surface area contributed by atoms with Crippen LogP contribution >= 0.6 is 0 Å². The van der Waals surface area contributed by atoms with Gasteiger partial charge < -0.3 is 0 Å². The van der Waals surface area contributed by atoms with Gasteiger partial charge in [0, 0.05) is 5.41 Å². The lowest BCUT2D eigenvalue weighted by molar-refractivity contribution is 0.257. The molecule has 5 heteroatoms. The fourth-order valence-electron chi connectivity index (χ4n) is 4.93. The summed E-state index contributed by atoms with van der Waals surface area (Å²) in [6.45, 7) is 4.27. The van der Waals surface area contributed by atoms with E-state index in [1.165, 1.54) is 4.57 Å². The highest BCUT2D eigenvalue weighted by molar-refractivity contribution is 5.34. The summed E-state index contributed by atoms with van der Waals surface area (Å²) in [5.41, 5.74) is 1.59. The van der Waals surface area contributed by atoms with Gasteiger partial charge in [0.15, 0.2) is 0 Å². The molecule has 0 saturated heterocycles. The molecule has 1 aliphatic heterocycles. The van der Waals surface area contributed by atoms with Crippen molar-refractivity contribution in [1.82, 2.24) is 13.9 Å². The number of benzene rings is 3. The first-order chi connectivity index (χ1) is 14.5. The molecule has 0 spiro atoms. The molecule has 5 rings (SSSR count). The van der Waals surface area contributed by atoms with E-state index in [9.17, 15) is 9.59 Å². The lowest BCUT2D eigenvalue weighted by Gasteiger charge is -2.32. The van der Waals surface area contributed by atoms with E-state index in [2.05, 4.69) is 13.8 Å². The Balaban J connectivity index is 1.85. The van der Waals surface area contributed by atoms with E-state index in [0.29, 0.717) is 5.69 Å². The number of aromatic nitrogens is 3. The number of rotatable bonds is 3. The minimum absolute atomic E-state index is 0.269. The molecule has 0 bridgehead atoms. The average Bonchev–Trinajstić information content (AvgIpc) is 3.16. The fourth-order valence-corrected chi connectivity index (χ4v) is 4.93. The molecule has 150 valence electrons. The van der Waals surface area contributed by atoms with Gasteiger partial charge in [-0.1, -0.05) is 92.7 Å². The van der Waals surface area contributed by atoms with Gasteiger partial charge in [-0.25, -0.2) is 23.5 Å². The molecule has 4 aromatic rings. The molecule has 0 amide bonds. The third kappa shape index (κ3) is 2.55. The van der Waals surface area contributed by atoms with Crippen LogP contribution < -0.4 is 11.4 Å². The Morgan fingerprint density at radius 3 is 1.37 bits per heavy atom. The van der Waals surface area contributed by atoms with Crippen LogP contribution in [0.3, 0.4) is 0 Å². The van der Waals surface area contributed by atoms with Crippen molar-refractivity contribution in [3.05, 3.63) is 123 Å². The Hall–Kier alpha value is -3.60. The SMILES string of the molecule is CC1(C)C(c2ccccc2)n2c(=O)n(-c3ccccc3)c(=O)n2C1c1ccccc1. The van der Waals surface area contributed by atoms with E-state index in [-0.39, 0.29) is 23.5 Å². The molecule has 5 nitrogen and oxygen atoms in total. The second-order valence-electron chi connectivity index (χ2n) is 8.37. The molecule has 0 fully saturated rings. The number of hydrogen-bond donors (Lipinski definition) is 0. The van der Waals surface area contributed by atoms with Crippen molar-refractivity contribution in [3.63, 3.8) is 0 Å². The van der Waals surface area contributed by atoms with Crippen molar-refractivity contribution < 1.29 is 0 Å². The first kappa shape index (κ1) is 18.4. The van der Waals surface area contributed by atoms with Crippen molar-refractivity contribution >= 4 is 0 Å². The van der Waals surface area contributed by atoms with Crippen LogP contribution in [0.1, 0.15) is 37.1 Å². The zero-order chi connectivity index (χ0) is 20.9. The van der Waals surface area contributed by atoms with Crippen LogP contribution in [0.15, 0.2) is 101 Å². The van der Waals surface area contributed by atoms with E-state index in [1.54, 1.807) is 21.5 Å². The molecule has 2 heterocycles. The molecule has 0 N–H and O–H groups in total. The highest BCUT2D eigenvalue weighted by Crippen LogP contribution is 2.51. The van der Waals surface area contributed by atoms with Crippen LogP contribution in [0, 0.1) is 5.41 Å². The Bertz CT molecular complexity index is 1220. The van der Waals surface area contributed by atoms with Gasteiger partial charge >= 0.3 is 11.4 Å². The van der Waals surface area contributed by atoms with E-state index < -0.39 is 5.41 Å². The van der Waals surface area contributed by atoms with Crippen LogP contribution in [0.2, 0.25) is 0 Å². The van der Waals surface area contributed by atoms with Crippen molar-refractivity contribution in [2.24, 2.45) is 5.41 Å². The molecular weight excluding hydrogens is 374 g/mol. The topological polar surface area (TPSA) is 48.9 Å². The normalized spacial score (nSPS) is 19.5. The molecule has 2 unspecified atom stereocenters. The van der Waals surface area contributed by atoms with Gasteiger partial charge in [-0.15, -0.1) is 0 Å². The summed E-state index contributed by atoms with van der Waals surface area (Å²) in [4.78, 5) is 27.3. The molecule has 0 aliphatic carbocycles. The number of fused-ring (bicyclic) bond motifs is 1. The Morgan fingerprint density at radius 1 is 0.600 bits per heavy atom. The molecule has 3 aromatic carbocycles. The van der Waals surface area contributed by atoms with Gasteiger partial charge in [0.25, 0.3) is 0 Å². The summed E-state index contributed by atoms with van der Waals surface area (Å²) < 4.78 is 4.59. The maximum absolute atomic E-state index is 13.6. The lowest BCUT2D eigenvalue weighted by Crippen LogP contribution is -2.36. The van der Waals surface area contributed by atoms with Crippen LogP contribution in [0.4, 0.5) is 0 Å². The van der Waals surface area contributed by atoms with E-state index in [0.717, 1.165) is 11.1 Å². The second-order valence-corrected chi connectivity index (χ2v) is 8.37.